The highest BCUT2D eigenvalue weighted by Crippen LogP contribution is 2.18. The van der Waals surface area contributed by atoms with Gasteiger partial charge in [0.1, 0.15) is 6.10 Å². The van der Waals surface area contributed by atoms with E-state index in [2.05, 4.69) is 15.3 Å². The Bertz CT molecular complexity index is 690. The lowest BCUT2D eigenvalue weighted by atomic mass is 10.1. The van der Waals surface area contributed by atoms with Crippen molar-refractivity contribution in [3.05, 3.63) is 40.0 Å². The number of nitrogens with zero attached hydrogens (tertiary/aromatic N) is 2. The molecule has 7 heteroatoms. The van der Waals surface area contributed by atoms with Gasteiger partial charge in [-0.15, -0.1) is 11.3 Å². The summed E-state index contributed by atoms with van der Waals surface area (Å²) < 4.78 is 11.4. The summed E-state index contributed by atoms with van der Waals surface area (Å²) in [6.07, 6.45) is 2.46. The topological polar surface area (TPSA) is 73.3 Å². The third kappa shape index (κ3) is 4.30. The molecule has 1 amide bonds. The number of carbonyl (C=O) groups excluding carboxylic acids is 1. The molecule has 0 saturated carbocycles. The Hall–Kier alpha value is -1.99. The van der Waals surface area contributed by atoms with Crippen molar-refractivity contribution >= 4 is 17.2 Å². The molecule has 1 saturated heterocycles. The molecular weight excluding hydrogens is 326 g/mol. The molecule has 3 heterocycles. The van der Waals surface area contributed by atoms with Gasteiger partial charge in [0.2, 0.25) is 11.8 Å². The van der Waals surface area contributed by atoms with Gasteiger partial charge in [0.05, 0.1) is 29.8 Å². The van der Waals surface area contributed by atoms with Crippen LogP contribution >= 0.6 is 11.3 Å². The zero-order chi connectivity index (χ0) is 16.9. The van der Waals surface area contributed by atoms with Crippen molar-refractivity contribution < 1.29 is 14.3 Å². The molecule has 1 N–H and O–H groups in total. The van der Waals surface area contributed by atoms with Crippen molar-refractivity contribution in [1.82, 2.24) is 15.3 Å². The van der Waals surface area contributed by atoms with E-state index >= 15 is 0 Å². The number of pyridine rings is 1. The molecule has 3 rings (SSSR count). The summed E-state index contributed by atoms with van der Waals surface area (Å²) in [5.74, 6) is 0.503. The number of ether oxygens (including phenoxy) is 2. The van der Waals surface area contributed by atoms with E-state index in [1.807, 2.05) is 26.0 Å². The lowest BCUT2D eigenvalue weighted by Gasteiger charge is -2.32. The van der Waals surface area contributed by atoms with Crippen LogP contribution in [0.5, 0.6) is 5.88 Å². The summed E-state index contributed by atoms with van der Waals surface area (Å²) in [6.45, 7) is 5.00. The molecule has 2 aromatic heterocycles. The predicted molar refractivity (Wildman–Crippen MR) is 91.3 cm³/mol. The monoisotopic (exact) mass is 347 g/mol. The van der Waals surface area contributed by atoms with Crippen molar-refractivity contribution in [2.75, 3.05) is 13.2 Å². The summed E-state index contributed by atoms with van der Waals surface area (Å²) in [7, 11) is 0. The molecule has 2 aromatic rings. The number of nitrogens with one attached hydrogen (secondary N) is 1. The minimum Gasteiger partial charge on any atom is -0.470 e. The largest absolute Gasteiger partial charge is 0.470 e. The van der Waals surface area contributed by atoms with Gasteiger partial charge in [0, 0.05) is 23.7 Å². The fourth-order valence-corrected chi connectivity index (χ4v) is 3.55. The van der Waals surface area contributed by atoms with Gasteiger partial charge in [-0.05, 0) is 26.3 Å². The lowest BCUT2D eigenvalue weighted by molar-refractivity contribution is -0.123. The SMILES string of the molecule is Cc1nc(CC(=O)N[C@@H]2CCOC[C@H]2Oc2ccccn2)c(C)s1. The fraction of sp³-hybridized carbons (Fsp3) is 0.471. The third-order valence-electron chi connectivity index (χ3n) is 3.89. The lowest BCUT2D eigenvalue weighted by Crippen LogP contribution is -2.51. The average molecular weight is 347 g/mol. The molecule has 1 aliphatic rings. The smallest absolute Gasteiger partial charge is 0.226 e. The first kappa shape index (κ1) is 16.9. The van der Waals surface area contributed by atoms with E-state index in [9.17, 15) is 4.79 Å². The first-order valence-corrected chi connectivity index (χ1v) is 8.81. The van der Waals surface area contributed by atoms with Gasteiger partial charge in [-0.2, -0.15) is 0 Å². The molecule has 1 fully saturated rings. The van der Waals surface area contributed by atoms with Crippen LogP contribution < -0.4 is 10.1 Å². The Morgan fingerprint density at radius 3 is 3.04 bits per heavy atom. The number of amides is 1. The summed E-state index contributed by atoms with van der Waals surface area (Å²) in [6, 6.07) is 5.41. The Morgan fingerprint density at radius 1 is 1.46 bits per heavy atom. The minimum absolute atomic E-state index is 0.0371. The van der Waals surface area contributed by atoms with Gasteiger partial charge in [-0.3, -0.25) is 4.79 Å². The Balaban J connectivity index is 1.61. The Morgan fingerprint density at radius 2 is 2.33 bits per heavy atom. The highest BCUT2D eigenvalue weighted by Gasteiger charge is 2.29. The summed E-state index contributed by atoms with van der Waals surface area (Å²) in [4.78, 5) is 22.1. The van der Waals surface area contributed by atoms with E-state index in [1.165, 1.54) is 0 Å². The van der Waals surface area contributed by atoms with Crippen LogP contribution in [0.3, 0.4) is 0 Å². The molecule has 0 unspecified atom stereocenters. The molecule has 6 nitrogen and oxygen atoms in total. The normalized spacial score (nSPS) is 20.6. The second-order valence-corrected chi connectivity index (χ2v) is 7.18. The molecule has 0 radical (unpaired) electrons. The highest BCUT2D eigenvalue weighted by molar-refractivity contribution is 7.11. The van der Waals surface area contributed by atoms with Crippen molar-refractivity contribution in [2.24, 2.45) is 0 Å². The van der Waals surface area contributed by atoms with Crippen LogP contribution in [0.1, 0.15) is 22.0 Å². The standard InChI is InChI=1S/C17H21N3O3S/c1-11-14(19-12(2)24-11)9-16(21)20-13-6-8-22-10-15(13)23-17-5-3-4-7-18-17/h3-5,7,13,15H,6,8-10H2,1-2H3,(H,20,21)/t13-,15-/m1/s1. The predicted octanol–water partition coefficient (Wildman–Crippen LogP) is 2.05. The number of thiazole rings is 1. The zero-order valence-electron chi connectivity index (χ0n) is 13.8. The van der Waals surface area contributed by atoms with Gasteiger partial charge in [0.15, 0.2) is 0 Å². The molecular formula is C17H21N3O3S. The molecule has 0 spiro atoms. The number of aryl methyl sites for hydroxylation is 2. The molecule has 0 bridgehead atoms. The van der Waals surface area contributed by atoms with Gasteiger partial charge in [-0.1, -0.05) is 6.07 Å². The van der Waals surface area contributed by atoms with Crippen LogP contribution in [0.2, 0.25) is 0 Å². The quantitative estimate of drug-likeness (QED) is 0.896. The second-order valence-electron chi connectivity index (χ2n) is 5.77. The molecule has 0 aromatic carbocycles. The molecule has 128 valence electrons. The molecule has 1 aliphatic heterocycles. The molecule has 24 heavy (non-hydrogen) atoms. The van der Waals surface area contributed by atoms with Gasteiger partial charge in [0.25, 0.3) is 0 Å². The molecule has 2 atom stereocenters. The van der Waals surface area contributed by atoms with Crippen LogP contribution in [0, 0.1) is 13.8 Å². The van der Waals surface area contributed by atoms with E-state index < -0.39 is 0 Å². The zero-order valence-corrected chi connectivity index (χ0v) is 14.6. The van der Waals surface area contributed by atoms with Crippen LogP contribution in [0.15, 0.2) is 24.4 Å². The van der Waals surface area contributed by atoms with E-state index in [0.29, 0.717) is 25.5 Å². The Labute approximate surface area is 145 Å². The maximum absolute atomic E-state index is 12.4. The van der Waals surface area contributed by atoms with Crippen LogP contribution in [0.4, 0.5) is 0 Å². The maximum atomic E-state index is 12.4. The van der Waals surface area contributed by atoms with Crippen molar-refractivity contribution in [2.45, 2.75) is 38.8 Å². The number of rotatable bonds is 5. The highest BCUT2D eigenvalue weighted by atomic mass is 32.1. The summed E-state index contributed by atoms with van der Waals surface area (Å²) >= 11 is 1.62. The van der Waals surface area contributed by atoms with Crippen molar-refractivity contribution in [3.8, 4) is 5.88 Å². The van der Waals surface area contributed by atoms with Gasteiger partial charge < -0.3 is 14.8 Å². The van der Waals surface area contributed by atoms with E-state index in [-0.39, 0.29) is 18.1 Å². The number of aromatic nitrogens is 2. The van der Waals surface area contributed by atoms with Gasteiger partial charge >= 0.3 is 0 Å². The Kier molecular flexibility index (Phi) is 5.42. The minimum atomic E-state index is -0.240. The van der Waals surface area contributed by atoms with Crippen molar-refractivity contribution in [3.63, 3.8) is 0 Å². The molecule has 0 aliphatic carbocycles. The van der Waals surface area contributed by atoms with E-state index in [4.69, 9.17) is 9.47 Å². The maximum Gasteiger partial charge on any atom is 0.226 e. The average Bonchev–Trinajstić information content (AvgIpc) is 2.87. The summed E-state index contributed by atoms with van der Waals surface area (Å²) in [5, 5.41) is 4.05. The number of carbonyl (C=O) groups is 1. The van der Waals surface area contributed by atoms with Crippen LogP contribution in [-0.2, 0) is 16.0 Å². The summed E-state index contributed by atoms with van der Waals surface area (Å²) in [5.41, 5.74) is 0.851. The first-order chi connectivity index (χ1) is 11.6. The number of hydrogen-bond acceptors (Lipinski definition) is 6. The second kappa shape index (κ2) is 7.72. The van der Waals surface area contributed by atoms with Crippen LogP contribution in [-0.4, -0.2) is 41.2 Å². The number of hydrogen-bond donors (Lipinski definition) is 1. The van der Waals surface area contributed by atoms with E-state index in [1.54, 1.807) is 23.6 Å². The third-order valence-corrected chi connectivity index (χ3v) is 4.82. The van der Waals surface area contributed by atoms with Gasteiger partial charge in [-0.25, -0.2) is 9.97 Å². The van der Waals surface area contributed by atoms with E-state index in [0.717, 1.165) is 22.0 Å². The fourth-order valence-electron chi connectivity index (χ4n) is 2.71. The van der Waals surface area contributed by atoms with Crippen LogP contribution in [0.25, 0.3) is 0 Å². The first-order valence-electron chi connectivity index (χ1n) is 7.99. The van der Waals surface area contributed by atoms with Crippen molar-refractivity contribution in [1.29, 1.82) is 0 Å².